The van der Waals surface area contributed by atoms with Crippen molar-refractivity contribution in [2.75, 3.05) is 51.3 Å². The summed E-state index contributed by atoms with van der Waals surface area (Å²) in [6.45, 7) is 6.87. The molecule has 1 amide bonds. The van der Waals surface area contributed by atoms with Crippen LogP contribution in [0.2, 0.25) is 0 Å². The number of nitrogens with one attached hydrogen (secondary N) is 1. The largest absolute Gasteiger partial charge is 0.492 e. The molecule has 0 aromatic heterocycles. The number of benzene rings is 1. The summed E-state index contributed by atoms with van der Waals surface area (Å²) < 4.78 is 5.70. The van der Waals surface area contributed by atoms with E-state index in [1.54, 1.807) is 0 Å². The molecule has 122 valence electrons. The highest BCUT2D eigenvalue weighted by Crippen LogP contribution is 2.28. The summed E-state index contributed by atoms with van der Waals surface area (Å²) in [5.74, 6) is 1.20. The predicted octanol–water partition coefficient (Wildman–Crippen LogP) is 1.73. The molecule has 0 radical (unpaired) electrons. The second-order valence-corrected chi connectivity index (χ2v) is 5.48. The lowest BCUT2D eigenvalue weighted by Gasteiger charge is -2.36. The van der Waals surface area contributed by atoms with Crippen LogP contribution in [0.5, 0.6) is 5.75 Å². The number of carbonyl (C=O) groups excluding carboxylic acids is 1. The normalized spacial score (nSPS) is 15.0. The fourth-order valence-electron chi connectivity index (χ4n) is 2.77. The van der Waals surface area contributed by atoms with Gasteiger partial charge >= 0.3 is 0 Å². The molecule has 1 aromatic rings. The lowest BCUT2D eigenvalue weighted by atomic mass is 10.2. The summed E-state index contributed by atoms with van der Waals surface area (Å²) in [4.78, 5) is 16.4. The molecule has 1 N–H and O–H groups in total. The average Bonchev–Trinajstić information content (AvgIpc) is 2.56. The van der Waals surface area contributed by atoms with E-state index in [1.165, 1.54) is 0 Å². The third-order valence-corrected chi connectivity index (χ3v) is 3.96. The molecule has 0 unspecified atom stereocenters. The molecular formula is C17H27N3O2. The van der Waals surface area contributed by atoms with Gasteiger partial charge in [0.05, 0.1) is 12.3 Å². The Balaban J connectivity index is 1.88. The van der Waals surface area contributed by atoms with Crippen molar-refractivity contribution in [1.29, 1.82) is 0 Å². The first-order valence-corrected chi connectivity index (χ1v) is 8.15. The third-order valence-electron chi connectivity index (χ3n) is 3.96. The van der Waals surface area contributed by atoms with Gasteiger partial charge in [-0.05, 0) is 39.1 Å². The molecule has 5 nitrogen and oxygen atoms in total. The summed E-state index contributed by atoms with van der Waals surface area (Å²) in [7, 11) is 1.92. The topological polar surface area (TPSA) is 44.8 Å². The van der Waals surface area contributed by atoms with Crippen LogP contribution in [-0.4, -0.2) is 57.2 Å². The van der Waals surface area contributed by atoms with Gasteiger partial charge in [0.15, 0.2) is 0 Å². The van der Waals surface area contributed by atoms with Gasteiger partial charge in [0, 0.05) is 32.6 Å². The zero-order chi connectivity index (χ0) is 15.8. The van der Waals surface area contributed by atoms with Crippen LogP contribution >= 0.6 is 0 Å². The van der Waals surface area contributed by atoms with Gasteiger partial charge in [0.25, 0.3) is 0 Å². The molecule has 0 atom stereocenters. The third kappa shape index (κ3) is 4.37. The zero-order valence-electron chi connectivity index (χ0n) is 13.7. The van der Waals surface area contributed by atoms with Gasteiger partial charge in [-0.25, -0.2) is 0 Å². The number of anilines is 1. The standard InChI is InChI=1S/C17H27N3O2/c1-3-22-16-8-5-4-7-15(16)19-11-13-20(14-12-19)17(21)9-6-10-18-2/h4-5,7-8,18H,3,6,9-14H2,1-2H3. The maximum atomic E-state index is 12.1. The zero-order valence-corrected chi connectivity index (χ0v) is 13.7. The fraction of sp³-hybridized carbons (Fsp3) is 0.588. The Bertz CT molecular complexity index is 471. The molecular weight excluding hydrogens is 278 g/mol. The maximum Gasteiger partial charge on any atom is 0.222 e. The Labute approximate surface area is 133 Å². The van der Waals surface area contributed by atoms with Gasteiger partial charge in [-0.15, -0.1) is 0 Å². The first-order chi connectivity index (χ1) is 10.8. The quantitative estimate of drug-likeness (QED) is 0.779. The number of piperazine rings is 1. The van der Waals surface area contributed by atoms with E-state index in [4.69, 9.17) is 4.74 Å². The average molecular weight is 305 g/mol. The number of para-hydroxylation sites is 2. The predicted molar refractivity (Wildman–Crippen MR) is 89.6 cm³/mol. The lowest BCUT2D eigenvalue weighted by molar-refractivity contribution is -0.131. The van der Waals surface area contributed by atoms with Crippen LogP contribution in [0.1, 0.15) is 19.8 Å². The second kappa shape index (κ2) is 8.63. The van der Waals surface area contributed by atoms with Crippen molar-refractivity contribution in [3.63, 3.8) is 0 Å². The smallest absolute Gasteiger partial charge is 0.222 e. The molecule has 1 saturated heterocycles. The number of hydrogen-bond acceptors (Lipinski definition) is 4. The molecule has 5 heteroatoms. The highest BCUT2D eigenvalue weighted by atomic mass is 16.5. The number of carbonyl (C=O) groups is 1. The van der Waals surface area contributed by atoms with Crippen LogP contribution in [-0.2, 0) is 4.79 Å². The van der Waals surface area contributed by atoms with E-state index in [0.29, 0.717) is 13.0 Å². The van der Waals surface area contributed by atoms with Crippen molar-refractivity contribution in [1.82, 2.24) is 10.2 Å². The van der Waals surface area contributed by atoms with E-state index in [0.717, 1.165) is 50.6 Å². The van der Waals surface area contributed by atoms with Crippen LogP contribution in [0.15, 0.2) is 24.3 Å². The van der Waals surface area contributed by atoms with Gasteiger partial charge < -0.3 is 19.9 Å². The molecule has 0 bridgehead atoms. The SMILES string of the molecule is CCOc1ccccc1N1CCN(C(=O)CCCNC)CC1. The van der Waals surface area contributed by atoms with E-state index >= 15 is 0 Å². The Morgan fingerprint density at radius 3 is 2.64 bits per heavy atom. The fourth-order valence-corrected chi connectivity index (χ4v) is 2.77. The van der Waals surface area contributed by atoms with Crippen molar-refractivity contribution in [3.8, 4) is 5.75 Å². The van der Waals surface area contributed by atoms with Crippen LogP contribution in [0, 0.1) is 0 Å². The molecule has 0 spiro atoms. The minimum Gasteiger partial charge on any atom is -0.492 e. The number of rotatable bonds is 7. The van der Waals surface area contributed by atoms with Gasteiger partial charge in [-0.3, -0.25) is 4.79 Å². The minimum absolute atomic E-state index is 0.271. The minimum atomic E-state index is 0.271. The molecule has 1 fully saturated rings. The first-order valence-electron chi connectivity index (χ1n) is 8.15. The highest BCUT2D eigenvalue weighted by molar-refractivity contribution is 5.76. The van der Waals surface area contributed by atoms with E-state index in [1.807, 2.05) is 37.1 Å². The van der Waals surface area contributed by atoms with E-state index in [2.05, 4.69) is 16.3 Å². The maximum absolute atomic E-state index is 12.1. The number of nitrogens with zero attached hydrogens (tertiary/aromatic N) is 2. The van der Waals surface area contributed by atoms with Crippen LogP contribution < -0.4 is 15.0 Å². The molecule has 1 aliphatic heterocycles. The van der Waals surface area contributed by atoms with Gasteiger partial charge in [0.1, 0.15) is 5.75 Å². The van der Waals surface area contributed by atoms with Gasteiger partial charge in [0.2, 0.25) is 5.91 Å². The van der Waals surface area contributed by atoms with Crippen LogP contribution in [0.25, 0.3) is 0 Å². The van der Waals surface area contributed by atoms with E-state index < -0.39 is 0 Å². The lowest BCUT2D eigenvalue weighted by Crippen LogP contribution is -2.48. The molecule has 0 saturated carbocycles. The van der Waals surface area contributed by atoms with Crippen molar-refractivity contribution < 1.29 is 9.53 Å². The Morgan fingerprint density at radius 2 is 1.95 bits per heavy atom. The number of ether oxygens (including phenoxy) is 1. The first kappa shape index (κ1) is 16.6. The second-order valence-electron chi connectivity index (χ2n) is 5.48. The molecule has 1 heterocycles. The Morgan fingerprint density at radius 1 is 1.23 bits per heavy atom. The van der Waals surface area contributed by atoms with Crippen LogP contribution in [0.3, 0.4) is 0 Å². The molecule has 1 aromatic carbocycles. The molecule has 2 rings (SSSR count). The summed E-state index contributed by atoms with van der Waals surface area (Å²) in [6.07, 6.45) is 1.54. The highest BCUT2D eigenvalue weighted by Gasteiger charge is 2.22. The molecule has 22 heavy (non-hydrogen) atoms. The summed E-state index contributed by atoms with van der Waals surface area (Å²) in [5, 5.41) is 3.08. The Hall–Kier alpha value is -1.75. The van der Waals surface area contributed by atoms with E-state index in [-0.39, 0.29) is 5.91 Å². The van der Waals surface area contributed by atoms with Crippen molar-refractivity contribution in [3.05, 3.63) is 24.3 Å². The monoisotopic (exact) mass is 305 g/mol. The van der Waals surface area contributed by atoms with Crippen LogP contribution in [0.4, 0.5) is 5.69 Å². The summed E-state index contributed by atoms with van der Waals surface area (Å²) in [5.41, 5.74) is 1.13. The number of hydrogen-bond donors (Lipinski definition) is 1. The van der Waals surface area contributed by atoms with Crippen molar-refractivity contribution in [2.24, 2.45) is 0 Å². The molecule has 1 aliphatic rings. The van der Waals surface area contributed by atoms with Crippen molar-refractivity contribution in [2.45, 2.75) is 19.8 Å². The van der Waals surface area contributed by atoms with E-state index in [9.17, 15) is 4.79 Å². The van der Waals surface area contributed by atoms with Crippen molar-refractivity contribution >= 4 is 11.6 Å². The van der Waals surface area contributed by atoms with Gasteiger partial charge in [-0.2, -0.15) is 0 Å². The summed E-state index contributed by atoms with van der Waals surface area (Å²) >= 11 is 0. The van der Waals surface area contributed by atoms with Gasteiger partial charge in [-0.1, -0.05) is 12.1 Å². The molecule has 0 aliphatic carbocycles. The Kier molecular flexibility index (Phi) is 6.52. The summed E-state index contributed by atoms with van der Waals surface area (Å²) in [6, 6.07) is 8.13. The number of amides is 1.